The van der Waals surface area contributed by atoms with E-state index < -0.39 is 0 Å². The van der Waals surface area contributed by atoms with E-state index >= 15 is 0 Å². The Morgan fingerprint density at radius 2 is 1.90 bits per heavy atom. The monoisotopic (exact) mass is 313 g/mol. The van der Waals surface area contributed by atoms with Gasteiger partial charge >= 0.3 is 0 Å². The van der Waals surface area contributed by atoms with Crippen molar-refractivity contribution < 1.29 is 4.92 Å². The highest BCUT2D eigenvalue weighted by Crippen LogP contribution is 2.17. The van der Waals surface area contributed by atoms with Crippen LogP contribution in [0.1, 0.15) is 18.4 Å². The van der Waals surface area contributed by atoms with Gasteiger partial charge in [0.2, 0.25) is 0 Å². The Labute approximate surface area is 132 Å². The SMILES string of the molecule is CNCC1CCN(CCc2ccc([N+](=O)[O-])cc2)CC1.Cl. The van der Waals surface area contributed by atoms with Gasteiger partial charge in [-0.05, 0) is 57.4 Å². The molecule has 0 aliphatic carbocycles. The lowest BCUT2D eigenvalue weighted by Crippen LogP contribution is -2.37. The minimum absolute atomic E-state index is 0. The molecule has 1 N–H and O–H groups in total. The lowest BCUT2D eigenvalue weighted by Gasteiger charge is -2.31. The summed E-state index contributed by atoms with van der Waals surface area (Å²) in [7, 11) is 2.01. The van der Waals surface area contributed by atoms with Crippen LogP contribution < -0.4 is 5.32 Å². The Balaban J connectivity index is 0.00000220. The van der Waals surface area contributed by atoms with Crippen LogP contribution >= 0.6 is 12.4 Å². The predicted octanol–water partition coefficient (Wildman–Crippen LogP) is 2.49. The van der Waals surface area contributed by atoms with E-state index in [1.54, 1.807) is 12.1 Å². The minimum Gasteiger partial charge on any atom is -0.319 e. The summed E-state index contributed by atoms with van der Waals surface area (Å²) in [6, 6.07) is 6.92. The number of nitrogens with one attached hydrogen (secondary N) is 1. The molecule has 0 bridgehead atoms. The number of nitrogens with zero attached hydrogens (tertiary/aromatic N) is 2. The van der Waals surface area contributed by atoms with E-state index in [2.05, 4.69) is 10.2 Å². The molecule has 118 valence electrons. The fourth-order valence-corrected chi connectivity index (χ4v) is 2.77. The van der Waals surface area contributed by atoms with Crippen molar-refractivity contribution in [2.45, 2.75) is 19.3 Å². The quantitative estimate of drug-likeness (QED) is 0.647. The molecule has 1 aliphatic heterocycles. The van der Waals surface area contributed by atoms with Gasteiger partial charge in [-0.2, -0.15) is 0 Å². The highest BCUT2D eigenvalue weighted by Gasteiger charge is 2.18. The smallest absolute Gasteiger partial charge is 0.269 e. The molecular weight excluding hydrogens is 290 g/mol. The number of hydrogen-bond acceptors (Lipinski definition) is 4. The normalized spacial score (nSPS) is 16.4. The molecule has 0 atom stereocenters. The fourth-order valence-electron chi connectivity index (χ4n) is 2.77. The first-order valence-corrected chi connectivity index (χ1v) is 7.29. The van der Waals surface area contributed by atoms with E-state index in [1.165, 1.54) is 31.5 Å². The van der Waals surface area contributed by atoms with Gasteiger partial charge < -0.3 is 10.2 Å². The van der Waals surface area contributed by atoms with Crippen LogP contribution in [0.5, 0.6) is 0 Å². The molecular formula is C15H24ClN3O2. The number of rotatable bonds is 6. The van der Waals surface area contributed by atoms with Gasteiger partial charge in [-0.25, -0.2) is 0 Å². The van der Waals surface area contributed by atoms with E-state index in [0.29, 0.717) is 0 Å². The molecule has 2 rings (SSSR count). The first-order valence-electron chi connectivity index (χ1n) is 7.29. The number of piperidine rings is 1. The van der Waals surface area contributed by atoms with Gasteiger partial charge in [0.25, 0.3) is 5.69 Å². The van der Waals surface area contributed by atoms with Crippen molar-refractivity contribution in [1.82, 2.24) is 10.2 Å². The van der Waals surface area contributed by atoms with Crippen LogP contribution in [-0.2, 0) is 6.42 Å². The Hall–Kier alpha value is -1.17. The Kier molecular flexibility index (Phi) is 7.64. The van der Waals surface area contributed by atoms with Crippen molar-refractivity contribution >= 4 is 18.1 Å². The van der Waals surface area contributed by atoms with E-state index in [1.807, 2.05) is 19.2 Å². The van der Waals surface area contributed by atoms with Crippen molar-refractivity contribution in [1.29, 1.82) is 0 Å². The summed E-state index contributed by atoms with van der Waals surface area (Å²) in [5, 5.41) is 13.8. The summed E-state index contributed by atoms with van der Waals surface area (Å²) in [5.74, 6) is 0.815. The third-order valence-electron chi connectivity index (χ3n) is 4.06. The zero-order valence-electron chi connectivity index (χ0n) is 12.5. The number of halogens is 1. The van der Waals surface area contributed by atoms with Crippen molar-refractivity contribution in [2.75, 3.05) is 33.2 Å². The van der Waals surface area contributed by atoms with Crippen molar-refractivity contribution in [3.05, 3.63) is 39.9 Å². The van der Waals surface area contributed by atoms with E-state index in [4.69, 9.17) is 0 Å². The molecule has 1 aliphatic rings. The molecule has 1 fully saturated rings. The van der Waals surface area contributed by atoms with Crippen LogP contribution in [0.15, 0.2) is 24.3 Å². The topological polar surface area (TPSA) is 58.4 Å². The lowest BCUT2D eigenvalue weighted by atomic mass is 9.96. The fraction of sp³-hybridized carbons (Fsp3) is 0.600. The standard InChI is InChI=1S/C15H23N3O2.ClH/c1-16-12-14-7-10-17(11-8-14)9-6-13-2-4-15(5-3-13)18(19)20;/h2-5,14,16H,6-12H2,1H3;1H. The molecule has 1 aromatic carbocycles. The van der Waals surface area contributed by atoms with Gasteiger partial charge in [-0.1, -0.05) is 12.1 Å². The molecule has 0 aromatic heterocycles. The molecule has 0 amide bonds. The van der Waals surface area contributed by atoms with Crippen LogP contribution in [0.3, 0.4) is 0 Å². The van der Waals surface area contributed by atoms with Gasteiger partial charge in [0.1, 0.15) is 0 Å². The largest absolute Gasteiger partial charge is 0.319 e. The molecule has 5 nitrogen and oxygen atoms in total. The Morgan fingerprint density at radius 3 is 2.43 bits per heavy atom. The van der Waals surface area contributed by atoms with E-state index in [9.17, 15) is 10.1 Å². The third-order valence-corrected chi connectivity index (χ3v) is 4.06. The summed E-state index contributed by atoms with van der Waals surface area (Å²) in [6.45, 7) is 4.50. The van der Waals surface area contributed by atoms with Crippen molar-refractivity contribution in [3.63, 3.8) is 0 Å². The van der Waals surface area contributed by atoms with E-state index in [-0.39, 0.29) is 23.0 Å². The van der Waals surface area contributed by atoms with Gasteiger partial charge in [-0.3, -0.25) is 10.1 Å². The maximum absolute atomic E-state index is 10.6. The summed E-state index contributed by atoms with van der Waals surface area (Å²) >= 11 is 0. The predicted molar refractivity (Wildman–Crippen MR) is 87.1 cm³/mol. The van der Waals surface area contributed by atoms with Gasteiger partial charge in [-0.15, -0.1) is 12.4 Å². The Bertz CT molecular complexity index is 431. The van der Waals surface area contributed by atoms with Crippen LogP contribution in [0, 0.1) is 16.0 Å². The highest BCUT2D eigenvalue weighted by atomic mass is 35.5. The highest BCUT2D eigenvalue weighted by molar-refractivity contribution is 5.85. The van der Waals surface area contributed by atoms with Crippen LogP contribution in [0.2, 0.25) is 0 Å². The maximum atomic E-state index is 10.6. The number of likely N-dealkylation sites (tertiary alicyclic amines) is 1. The molecule has 1 saturated heterocycles. The van der Waals surface area contributed by atoms with Crippen molar-refractivity contribution in [2.24, 2.45) is 5.92 Å². The molecule has 1 heterocycles. The molecule has 1 aromatic rings. The number of nitro groups is 1. The third kappa shape index (κ3) is 5.61. The molecule has 21 heavy (non-hydrogen) atoms. The second kappa shape index (κ2) is 8.97. The molecule has 0 spiro atoms. The molecule has 0 saturated carbocycles. The number of benzene rings is 1. The summed E-state index contributed by atoms with van der Waals surface area (Å²) < 4.78 is 0. The van der Waals surface area contributed by atoms with Crippen LogP contribution in [0.4, 0.5) is 5.69 Å². The number of nitro benzene ring substituents is 1. The summed E-state index contributed by atoms with van der Waals surface area (Å²) in [4.78, 5) is 12.7. The van der Waals surface area contributed by atoms with Crippen molar-refractivity contribution in [3.8, 4) is 0 Å². The van der Waals surface area contributed by atoms with Gasteiger partial charge in [0.15, 0.2) is 0 Å². The summed E-state index contributed by atoms with van der Waals surface area (Å²) in [6.07, 6.45) is 3.50. The average Bonchev–Trinajstić information content (AvgIpc) is 2.47. The lowest BCUT2D eigenvalue weighted by molar-refractivity contribution is -0.384. The summed E-state index contributed by atoms with van der Waals surface area (Å²) in [5.41, 5.74) is 1.34. The second-order valence-corrected chi connectivity index (χ2v) is 5.52. The average molecular weight is 314 g/mol. The first-order chi connectivity index (χ1) is 9.69. The van der Waals surface area contributed by atoms with Gasteiger partial charge in [0, 0.05) is 18.7 Å². The first kappa shape index (κ1) is 17.9. The molecule has 0 radical (unpaired) electrons. The number of hydrogen-bond donors (Lipinski definition) is 1. The van der Waals surface area contributed by atoms with Crippen LogP contribution in [-0.4, -0.2) is 43.0 Å². The minimum atomic E-state index is -0.351. The second-order valence-electron chi connectivity index (χ2n) is 5.52. The zero-order valence-corrected chi connectivity index (χ0v) is 13.3. The molecule has 6 heteroatoms. The molecule has 0 unspecified atom stereocenters. The maximum Gasteiger partial charge on any atom is 0.269 e. The van der Waals surface area contributed by atoms with E-state index in [0.717, 1.165) is 25.4 Å². The van der Waals surface area contributed by atoms with Gasteiger partial charge in [0.05, 0.1) is 4.92 Å². The zero-order chi connectivity index (χ0) is 14.4. The van der Waals surface area contributed by atoms with Crippen LogP contribution in [0.25, 0.3) is 0 Å². The Morgan fingerprint density at radius 1 is 1.29 bits per heavy atom. The number of non-ortho nitro benzene ring substituents is 1.